The van der Waals surface area contributed by atoms with E-state index in [0.717, 1.165) is 32.8 Å². The summed E-state index contributed by atoms with van der Waals surface area (Å²) in [7, 11) is 0. The number of hydrogen-bond donors (Lipinski definition) is 0. The molecule has 110 valence electrons. The molecule has 2 aromatic rings. The molecule has 0 atom stereocenters. The van der Waals surface area contributed by atoms with Crippen molar-refractivity contribution < 1.29 is 4.74 Å². The van der Waals surface area contributed by atoms with Crippen molar-refractivity contribution in [2.75, 3.05) is 26.3 Å². The fourth-order valence-corrected chi connectivity index (χ4v) is 2.98. The molecule has 1 saturated heterocycles. The maximum absolute atomic E-state index is 5.43. The third-order valence-corrected chi connectivity index (χ3v) is 4.27. The lowest BCUT2D eigenvalue weighted by Crippen LogP contribution is -2.35. The van der Waals surface area contributed by atoms with Crippen LogP contribution in [0, 0.1) is 13.8 Å². The van der Waals surface area contributed by atoms with Crippen LogP contribution in [0.1, 0.15) is 16.7 Å². The number of benzene rings is 2. The van der Waals surface area contributed by atoms with Gasteiger partial charge in [-0.05, 0) is 41.7 Å². The lowest BCUT2D eigenvalue weighted by atomic mass is 9.95. The third kappa shape index (κ3) is 3.34. The van der Waals surface area contributed by atoms with Crippen LogP contribution in [0.4, 0.5) is 0 Å². The average Bonchev–Trinajstić information content (AvgIpc) is 2.52. The second kappa shape index (κ2) is 6.42. The van der Waals surface area contributed by atoms with E-state index in [9.17, 15) is 0 Å². The Morgan fingerprint density at radius 1 is 0.952 bits per heavy atom. The molecule has 0 aromatic heterocycles. The number of aryl methyl sites for hydroxylation is 2. The molecular formula is C19H23NO. The summed E-state index contributed by atoms with van der Waals surface area (Å²) < 4.78 is 5.43. The predicted octanol–water partition coefficient (Wildman–Crippen LogP) is 3.80. The van der Waals surface area contributed by atoms with Crippen LogP contribution >= 0.6 is 0 Å². The normalized spacial score (nSPS) is 16.1. The minimum Gasteiger partial charge on any atom is -0.379 e. The molecule has 3 rings (SSSR count). The Morgan fingerprint density at radius 2 is 1.67 bits per heavy atom. The molecule has 0 N–H and O–H groups in total. The first-order chi connectivity index (χ1) is 10.2. The van der Waals surface area contributed by atoms with Crippen molar-refractivity contribution in [3.8, 4) is 11.1 Å². The van der Waals surface area contributed by atoms with Crippen LogP contribution in [0.5, 0.6) is 0 Å². The van der Waals surface area contributed by atoms with Gasteiger partial charge in [0.1, 0.15) is 0 Å². The lowest BCUT2D eigenvalue weighted by Gasteiger charge is -2.27. The van der Waals surface area contributed by atoms with Crippen LogP contribution in [-0.4, -0.2) is 31.2 Å². The van der Waals surface area contributed by atoms with Crippen LogP contribution in [0.3, 0.4) is 0 Å². The maximum atomic E-state index is 5.43. The summed E-state index contributed by atoms with van der Waals surface area (Å²) in [5.41, 5.74) is 6.82. The van der Waals surface area contributed by atoms with Crippen LogP contribution < -0.4 is 0 Å². The molecule has 0 spiro atoms. The van der Waals surface area contributed by atoms with Crippen LogP contribution in [0.2, 0.25) is 0 Å². The zero-order valence-corrected chi connectivity index (χ0v) is 12.9. The first-order valence-electron chi connectivity index (χ1n) is 7.69. The van der Waals surface area contributed by atoms with Gasteiger partial charge in [-0.15, -0.1) is 0 Å². The molecule has 0 bridgehead atoms. The molecule has 1 heterocycles. The highest BCUT2D eigenvalue weighted by molar-refractivity contribution is 5.68. The van der Waals surface area contributed by atoms with Crippen LogP contribution in [-0.2, 0) is 11.3 Å². The average molecular weight is 281 g/mol. The van der Waals surface area contributed by atoms with E-state index in [0.29, 0.717) is 0 Å². The van der Waals surface area contributed by atoms with Crippen molar-refractivity contribution in [1.29, 1.82) is 0 Å². The summed E-state index contributed by atoms with van der Waals surface area (Å²) in [5, 5.41) is 0. The van der Waals surface area contributed by atoms with Crippen molar-refractivity contribution in [1.82, 2.24) is 4.90 Å². The number of ether oxygens (including phenoxy) is 1. The summed E-state index contributed by atoms with van der Waals surface area (Å²) in [4.78, 5) is 2.48. The summed E-state index contributed by atoms with van der Waals surface area (Å²) in [6, 6.07) is 15.3. The van der Waals surface area contributed by atoms with E-state index >= 15 is 0 Å². The minimum absolute atomic E-state index is 0.861. The molecule has 1 aliphatic rings. The van der Waals surface area contributed by atoms with Crippen molar-refractivity contribution in [3.63, 3.8) is 0 Å². The smallest absolute Gasteiger partial charge is 0.0594 e. The van der Waals surface area contributed by atoms with E-state index in [2.05, 4.69) is 61.2 Å². The Balaban J connectivity index is 1.85. The summed E-state index contributed by atoms with van der Waals surface area (Å²) in [5.74, 6) is 0. The molecule has 0 radical (unpaired) electrons. The van der Waals surface area contributed by atoms with Crippen LogP contribution in [0.25, 0.3) is 11.1 Å². The van der Waals surface area contributed by atoms with Gasteiger partial charge in [-0.1, -0.05) is 42.5 Å². The molecule has 0 saturated carbocycles. The number of hydrogen-bond acceptors (Lipinski definition) is 2. The monoisotopic (exact) mass is 281 g/mol. The van der Waals surface area contributed by atoms with Gasteiger partial charge in [0.25, 0.3) is 0 Å². The van der Waals surface area contributed by atoms with E-state index < -0.39 is 0 Å². The van der Waals surface area contributed by atoms with Gasteiger partial charge in [0.05, 0.1) is 13.2 Å². The van der Waals surface area contributed by atoms with Crippen molar-refractivity contribution in [2.24, 2.45) is 0 Å². The molecule has 0 amide bonds. The number of rotatable bonds is 3. The van der Waals surface area contributed by atoms with E-state index in [1.54, 1.807) is 0 Å². The fourth-order valence-electron chi connectivity index (χ4n) is 2.98. The summed E-state index contributed by atoms with van der Waals surface area (Å²) >= 11 is 0. The third-order valence-electron chi connectivity index (χ3n) is 4.27. The molecule has 1 aliphatic heterocycles. The highest BCUT2D eigenvalue weighted by atomic mass is 16.5. The fraction of sp³-hybridized carbons (Fsp3) is 0.368. The standard InChI is InChI=1S/C19H23NO/c1-15-13-19(17-6-4-3-5-7-17)16(2)12-18(15)14-20-8-10-21-11-9-20/h3-7,12-13H,8-11,14H2,1-2H3. The van der Waals surface area contributed by atoms with Gasteiger partial charge in [0, 0.05) is 19.6 Å². The van der Waals surface area contributed by atoms with Gasteiger partial charge >= 0.3 is 0 Å². The number of morpholine rings is 1. The summed E-state index contributed by atoms with van der Waals surface area (Å²) in [6.45, 7) is 9.27. The minimum atomic E-state index is 0.861. The molecule has 0 unspecified atom stereocenters. The topological polar surface area (TPSA) is 12.5 Å². The van der Waals surface area contributed by atoms with Crippen LogP contribution in [0.15, 0.2) is 42.5 Å². The van der Waals surface area contributed by atoms with E-state index in [-0.39, 0.29) is 0 Å². The van der Waals surface area contributed by atoms with Gasteiger partial charge in [0.2, 0.25) is 0 Å². The van der Waals surface area contributed by atoms with Gasteiger partial charge in [-0.25, -0.2) is 0 Å². The first-order valence-corrected chi connectivity index (χ1v) is 7.69. The lowest BCUT2D eigenvalue weighted by molar-refractivity contribution is 0.0341. The quantitative estimate of drug-likeness (QED) is 0.848. The number of nitrogens with zero attached hydrogens (tertiary/aromatic N) is 1. The predicted molar refractivity (Wildman–Crippen MR) is 87.4 cm³/mol. The Labute approximate surface area is 127 Å². The van der Waals surface area contributed by atoms with Crippen molar-refractivity contribution >= 4 is 0 Å². The molecule has 1 fully saturated rings. The Bertz CT molecular complexity index is 600. The Kier molecular flexibility index (Phi) is 4.37. The Morgan fingerprint density at radius 3 is 2.38 bits per heavy atom. The highest BCUT2D eigenvalue weighted by Gasteiger charge is 2.13. The SMILES string of the molecule is Cc1cc(-c2ccccc2)c(C)cc1CN1CCOCC1. The van der Waals surface area contributed by atoms with Crippen molar-refractivity contribution in [2.45, 2.75) is 20.4 Å². The molecule has 0 aliphatic carbocycles. The van der Waals surface area contributed by atoms with Gasteiger partial charge in [0.15, 0.2) is 0 Å². The molecular weight excluding hydrogens is 258 g/mol. The highest BCUT2D eigenvalue weighted by Crippen LogP contribution is 2.27. The molecule has 21 heavy (non-hydrogen) atoms. The summed E-state index contributed by atoms with van der Waals surface area (Å²) in [6.07, 6.45) is 0. The maximum Gasteiger partial charge on any atom is 0.0594 e. The van der Waals surface area contributed by atoms with E-state index in [4.69, 9.17) is 4.74 Å². The second-order valence-electron chi connectivity index (χ2n) is 5.85. The largest absolute Gasteiger partial charge is 0.379 e. The second-order valence-corrected chi connectivity index (χ2v) is 5.85. The van der Waals surface area contributed by atoms with Gasteiger partial charge < -0.3 is 4.74 Å². The van der Waals surface area contributed by atoms with Gasteiger partial charge in [-0.2, -0.15) is 0 Å². The van der Waals surface area contributed by atoms with Gasteiger partial charge in [-0.3, -0.25) is 4.90 Å². The van der Waals surface area contributed by atoms with E-state index in [1.165, 1.54) is 27.8 Å². The zero-order chi connectivity index (χ0) is 14.7. The van der Waals surface area contributed by atoms with Crippen molar-refractivity contribution in [3.05, 3.63) is 59.2 Å². The first kappa shape index (κ1) is 14.3. The molecule has 2 nitrogen and oxygen atoms in total. The van der Waals surface area contributed by atoms with E-state index in [1.807, 2.05) is 0 Å². The molecule has 2 heteroatoms. The zero-order valence-electron chi connectivity index (χ0n) is 12.9. The molecule has 2 aromatic carbocycles. The Hall–Kier alpha value is -1.64.